The lowest BCUT2D eigenvalue weighted by Crippen LogP contribution is -2.32. The molecule has 1 aliphatic carbocycles. The van der Waals surface area contributed by atoms with Gasteiger partial charge in [0.15, 0.2) is 5.16 Å². The Balaban J connectivity index is 1.44. The minimum atomic E-state index is 0.0196. The van der Waals surface area contributed by atoms with Crippen molar-refractivity contribution in [3.05, 3.63) is 52.8 Å². The maximum absolute atomic E-state index is 12.5. The molecule has 2 heterocycles. The van der Waals surface area contributed by atoms with Crippen molar-refractivity contribution in [2.45, 2.75) is 44.3 Å². The smallest absolute Gasteiger partial charge is 0.256 e. The Labute approximate surface area is 156 Å². The number of thioether (sulfide) groups is 1. The van der Waals surface area contributed by atoms with Gasteiger partial charge >= 0.3 is 0 Å². The monoisotopic (exact) mass is 367 g/mol. The van der Waals surface area contributed by atoms with E-state index in [1.807, 2.05) is 30.4 Å². The van der Waals surface area contributed by atoms with Gasteiger partial charge in [-0.3, -0.25) is 9.20 Å². The van der Waals surface area contributed by atoms with Crippen molar-refractivity contribution in [3.8, 4) is 0 Å². The molecule has 0 aliphatic heterocycles. The van der Waals surface area contributed by atoms with Crippen molar-refractivity contribution >= 4 is 23.4 Å². The van der Waals surface area contributed by atoms with E-state index in [0.29, 0.717) is 16.7 Å². The molecule has 1 aromatic carbocycles. The molecule has 0 radical (unpaired) electrons. The Morgan fingerprint density at radius 1 is 1.31 bits per heavy atom. The average Bonchev–Trinajstić information content (AvgIpc) is 3.03. The average molecular weight is 367 g/mol. The highest BCUT2D eigenvalue weighted by molar-refractivity contribution is 7.99. The molecule has 0 fully saturated rings. The third-order valence-corrected chi connectivity index (χ3v) is 5.63. The number of aromatic nitrogens is 4. The Bertz CT molecular complexity index is 968. The summed E-state index contributed by atoms with van der Waals surface area (Å²) in [6.07, 6.45) is 3.19. The zero-order chi connectivity index (χ0) is 18.1. The van der Waals surface area contributed by atoms with Crippen LogP contribution in [0.15, 0.2) is 35.5 Å². The minimum absolute atomic E-state index is 0.0196. The number of benzene rings is 1. The van der Waals surface area contributed by atoms with Gasteiger partial charge < -0.3 is 5.32 Å². The number of nitrogens with one attached hydrogen (secondary N) is 1. The van der Waals surface area contributed by atoms with E-state index in [0.717, 1.165) is 30.7 Å². The largest absolute Gasteiger partial charge is 0.349 e. The Kier molecular flexibility index (Phi) is 4.63. The van der Waals surface area contributed by atoms with Crippen LogP contribution >= 0.6 is 11.8 Å². The second-order valence-electron chi connectivity index (χ2n) is 6.66. The second-order valence-corrected chi connectivity index (χ2v) is 7.60. The summed E-state index contributed by atoms with van der Waals surface area (Å²) < 4.78 is 1.89. The van der Waals surface area contributed by atoms with Crippen molar-refractivity contribution in [2.75, 3.05) is 5.75 Å². The van der Waals surface area contributed by atoms with Gasteiger partial charge in [-0.2, -0.15) is 0 Å². The molecular formula is C19H21N5OS. The first-order valence-electron chi connectivity index (χ1n) is 8.81. The molecular weight excluding hydrogens is 346 g/mol. The summed E-state index contributed by atoms with van der Waals surface area (Å²) in [5.74, 6) is 0.907. The highest BCUT2D eigenvalue weighted by Crippen LogP contribution is 2.29. The SMILES string of the molecule is Cc1cc(C)n2c(SCC(=O)NC3CCCc4ccccc43)nnc2n1. The number of aryl methyl sites for hydroxylation is 3. The van der Waals surface area contributed by atoms with Crippen LogP contribution in [0.3, 0.4) is 0 Å². The molecule has 0 saturated heterocycles. The fraction of sp³-hybridized carbons (Fsp3) is 0.368. The number of hydrogen-bond donors (Lipinski definition) is 1. The van der Waals surface area contributed by atoms with E-state index in [2.05, 4.69) is 38.7 Å². The zero-order valence-electron chi connectivity index (χ0n) is 14.9. The van der Waals surface area contributed by atoms with Gasteiger partial charge in [0.05, 0.1) is 11.8 Å². The first-order chi connectivity index (χ1) is 12.6. The fourth-order valence-corrected chi connectivity index (χ4v) is 4.36. The number of carbonyl (C=O) groups is 1. The fourth-order valence-electron chi connectivity index (χ4n) is 3.56. The van der Waals surface area contributed by atoms with Crippen molar-refractivity contribution in [3.63, 3.8) is 0 Å². The van der Waals surface area contributed by atoms with Crippen LogP contribution in [-0.4, -0.2) is 31.2 Å². The van der Waals surface area contributed by atoms with Crippen LogP contribution in [0.25, 0.3) is 5.78 Å². The molecule has 1 aliphatic rings. The first-order valence-corrected chi connectivity index (χ1v) is 9.80. The molecule has 2 aromatic heterocycles. The molecule has 4 rings (SSSR count). The number of amides is 1. The number of fused-ring (bicyclic) bond motifs is 2. The van der Waals surface area contributed by atoms with Crippen LogP contribution in [0.1, 0.15) is 41.4 Å². The Morgan fingerprint density at radius 2 is 2.15 bits per heavy atom. The summed E-state index contributed by atoms with van der Waals surface area (Å²) in [4.78, 5) is 16.9. The summed E-state index contributed by atoms with van der Waals surface area (Å²) in [5.41, 5.74) is 4.52. The number of hydrogen-bond acceptors (Lipinski definition) is 5. The molecule has 1 atom stereocenters. The normalized spacial score (nSPS) is 16.5. The van der Waals surface area contributed by atoms with Crippen LogP contribution in [0.5, 0.6) is 0 Å². The summed E-state index contributed by atoms with van der Waals surface area (Å²) >= 11 is 1.39. The predicted molar refractivity (Wildman–Crippen MR) is 101 cm³/mol. The third kappa shape index (κ3) is 3.31. The van der Waals surface area contributed by atoms with Crippen molar-refractivity contribution < 1.29 is 4.79 Å². The maximum atomic E-state index is 12.5. The molecule has 1 N–H and O–H groups in total. The van der Waals surface area contributed by atoms with Crippen molar-refractivity contribution in [1.82, 2.24) is 24.9 Å². The highest BCUT2D eigenvalue weighted by atomic mass is 32.2. The predicted octanol–water partition coefficient (Wildman–Crippen LogP) is 3.03. The summed E-state index contributed by atoms with van der Waals surface area (Å²) in [6.45, 7) is 3.93. The van der Waals surface area contributed by atoms with Crippen LogP contribution in [0, 0.1) is 13.8 Å². The van der Waals surface area contributed by atoms with Gasteiger partial charge in [0.2, 0.25) is 5.91 Å². The topological polar surface area (TPSA) is 72.2 Å². The molecule has 26 heavy (non-hydrogen) atoms. The number of carbonyl (C=O) groups excluding carboxylic acids is 1. The van der Waals surface area contributed by atoms with E-state index in [9.17, 15) is 4.79 Å². The van der Waals surface area contributed by atoms with E-state index in [1.165, 1.54) is 22.9 Å². The molecule has 0 bridgehead atoms. The molecule has 7 heteroatoms. The maximum Gasteiger partial charge on any atom is 0.256 e. The van der Waals surface area contributed by atoms with E-state index in [-0.39, 0.29) is 11.9 Å². The lowest BCUT2D eigenvalue weighted by atomic mass is 9.88. The summed E-state index contributed by atoms with van der Waals surface area (Å²) in [7, 11) is 0. The van der Waals surface area contributed by atoms with E-state index < -0.39 is 0 Å². The third-order valence-electron chi connectivity index (χ3n) is 4.70. The first kappa shape index (κ1) is 17.0. The summed E-state index contributed by atoms with van der Waals surface area (Å²) in [6, 6.07) is 10.5. The Hall–Kier alpha value is -2.41. The van der Waals surface area contributed by atoms with Gasteiger partial charge in [-0.05, 0) is 50.3 Å². The minimum Gasteiger partial charge on any atom is -0.349 e. The van der Waals surface area contributed by atoms with Crippen molar-refractivity contribution in [2.24, 2.45) is 0 Å². The molecule has 3 aromatic rings. The quantitative estimate of drug-likeness (QED) is 0.718. The van der Waals surface area contributed by atoms with Crippen LogP contribution in [0.4, 0.5) is 0 Å². The van der Waals surface area contributed by atoms with Gasteiger partial charge in [-0.25, -0.2) is 4.98 Å². The van der Waals surface area contributed by atoms with Gasteiger partial charge in [0.25, 0.3) is 5.78 Å². The van der Waals surface area contributed by atoms with E-state index in [1.54, 1.807) is 0 Å². The standard InChI is InChI=1S/C19H21N5OS/c1-12-10-13(2)24-18(20-12)22-23-19(24)26-11-17(25)21-16-9-5-7-14-6-3-4-8-15(14)16/h3-4,6,8,10,16H,5,7,9,11H2,1-2H3,(H,21,25). The lowest BCUT2D eigenvalue weighted by molar-refractivity contribution is -0.119. The van der Waals surface area contributed by atoms with E-state index in [4.69, 9.17) is 0 Å². The molecule has 0 saturated carbocycles. The summed E-state index contributed by atoms with van der Waals surface area (Å²) in [5, 5.41) is 12.2. The molecule has 0 spiro atoms. The molecule has 6 nitrogen and oxygen atoms in total. The van der Waals surface area contributed by atoms with Gasteiger partial charge in [-0.1, -0.05) is 36.0 Å². The van der Waals surface area contributed by atoms with E-state index >= 15 is 0 Å². The Morgan fingerprint density at radius 3 is 3.04 bits per heavy atom. The highest BCUT2D eigenvalue weighted by Gasteiger charge is 2.21. The van der Waals surface area contributed by atoms with Crippen LogP contribution in [-0.2, 0) is 11.2 Å². The molecule has 1 amide bonds. The van der Waals surface area contributed by atoms with Gasteiger partial charge in [0.1, 0.15) is 0 Å². The van der Waals surface area contributed by atoms with Gasteiger partial charge in [-0.15, -0.1) is 10.2 Å². The number of rotatable bonds is 4. The van der Waals surface area contributed by atoms with Crippen LogP contribution < -0.4 is 5.32 Å². The van der Waals surface area contributed by atoms with Gasteiger partial charge in [0, 0.05) is 11.4 Å². The van der Waals surface area contributed by atoms with Crippen LogP contribution in [0.2, 0.25) is 0 Å². The van der Waals surface area contributed by atoms with Crippen molar-refractivity contribution in [1.29, 1.82) is 0 Å². The second kappa shape index (κ2) is 7.07. The molecule has 134 valence electrons. The lowest BCUT2D eigenvalue weighted by Gasteiger charge is -2.26. The zero-order valence-corrected chi connectivity index (χ0v) is 15.7. The number of nitrogens with zero attached hydrogens (tertiary/aromatic N) is 4. The molecule has 1 unspecified atom stereocenters.